The molecule has 100 valence electrons. The minimum absolute atomic E-state index is 0.000381. The normalized spacial score (nSPS) is 10.6. The van der Waals surface area contributed by atoms with E-state index in [-0.39, 0.29) is 12.4 Å². The van der Waals surface area contributed by atoms with E-state index in [2.05, 4.69) is 4.98 Å². The van der Waals surface area contributed by atoms with Gasteiger partial charge in [0.15, 0.2) is 5.78 Å². The monoisotopic (exact) mass is 315 g/mol. The second-order valence-corrected chi connectivity index (χ2v) is 6.07. The molecule has 0 saturated carbocycles. The number of hydrogen-bond donors (Lipinski definition) is 0. The topological polar surface area (TPSA) is 39.2 Å². The standard InChI is InChI=1S/C13H11Cl2NO2S/c14-12-7-10(13(15)19-12)11(17)8-18-6-4-9-3-1-2-5-16-9/h1-3,5,7H,4,6,8H2. The quantitative estimate of drug-likeness (QED) is 0.599. The molecule has 0 fully saturated rings. The van der Waals surface area contributed by atoms with E-state index in [1.54, 1.807) is 12.3 Å². The van der Waals surface area contributed by atoms with Gasteiger partial charge < -0.3 is 4.74 Å². The summed E-state index contributed by atoms with van der Waals surface area (Å²) in [6, 6.07) is 7.26. The molecule has 2 aromatic heterocycles. The number of ether oxygens (including phenoxy) is 1. The molecule has 2 rings (SSSR count). The first-order valence-corrected chi connectivity index (χ1v) is 7.20. The molecule has 0 amide bonds. The fraction of sp³-hybridized carbons (Fsp3) is 0.231. The van der Waals surface area contributed by atoms with E-state index >= 15 is 0 Å². The zero-order chi connectivity index (χ0) is 13.7. The SMILES string of the molecule is O=C(COCCc1ccccn1)c1cc(Cl)sc1Cl. The van der Waals surface area contributed by atoms with Gasteiger partial charge in [-0.05, 0) is 18.2 Å². The van der Waals surface area contributed by atoms with Gasteiger partial charge in [-0.3, -0.25) is 9.78 Å². The van der Waals surface area contributed by atoms with Gasteiger partial charge in [0.05, 0.1) is 16.5 Å². The third kappa shape index (κ3) is 4.28. The van der Waals surface area contributed by atoms with Crippen molar-refractivity contribution in [2.24, 2.45) is 0 Å². The summed E-state index contributed by atoms with van der Waals surface area (Å²) in [5, 5.41) is 0. The number of hydrogen-bond acceptors (Lipinski definition) is 4. The van der Waals surface area contributed by atoms with Gasteiger partial charge in [-0.25, -0.2) is 0 Å². The molecule has 0 atom stereocenters. The summed E-state index contributed by atoms with van der Waals surface area (Å²) in [5.41, 5.74) is 1.36. The lowest BCUT2D eigenvalue weighted by Gasteiger charge is -2.03. The molecule has 0 radical (unpaired) electrons. The average Bonchev–Trinajstić information content (AvgIpc) is 2.75. The summed E-state index contributed by atoms with van der Waals surface area (Å²) in [5.74, 6) is -0.158. The van der Waals surface area contributed by atoms with Gasteiger partial charge in [0.25, 0.3) is 0 Å². The van der Waals surface area contributed by atoms with Crippen LogP contribution in [0.25, 0.3) is 0 Å². The van der Waals surface area contributed by atoms with Crippen molar-refractivity contribution >= 4 is 40.3 Å². The minimum atomic E-state index is -0.158. The van der Waals surface area contributed by atoms with Gasteiger partial charge in [-0.2, -0.15) is 0 Å². The highest BCUT2D eigenvalue weighted by Crippen LogP contribution is 2.31. The minimum Gasteiger partial charge on any atom is -0.373 e. The van der Waals surface area contributed by atoms with Crippen LogP contribution in [0.4, 0.5) is 0 Å². The van der Waals surface area contributed by atoms with Crippen LogP contribution in [0.2, 0.25) is 8.67 Å². The summed E-state index contributed by atoms with van der Waals surface area (Å²) in [7, 11) is 0. The first-order chi connectivity index (χ1) is 9.16. The predicted molar refractivity (Wildman–Crippen MR) is 77.4 cm³/mol. The predicted octanol–water partition coefficient (Wildman–Crippen LogP) is 3.89. The highest BCUT2D eigenvalue weighted by atomic mass is 35.5. The Morgan fingerprint density at radius 3 is 2.84 bits per heavy atom. The van der Waals surface area contributed by atoms with Crippen LogP contribution in [0.1, 0.15) is 16.1 Å². The third-order valence-corrected chi connectivity index (χ3v) is 3.91. The van der Waals surface area contributed by atoms with Crippen LogP contribution in [0.15, 0.2) is 30.5 Å². The molecule has 0 saturated heterocycles. The van der Waals surface area contributed by atoms with Crippen molar-refractivity contribution in [1.29, 1.82) is 0 Å². The van der Waals surface area contributed by atoms with Crippen molar-refractivity contribution in [2.45, 2.75) is 6.42 Å². The number of nitrogens with zero attached hydrogens (tertiary/aromatic N) is 1. The fourth-order valence-corrected chi connectivity index (χ4v) is 2.99. The van der Waals surface area contributed by atoms with E-state index in [4.69, 9.17) is 27.9 Å². The van der Waals surface area contributed by atoms with E-state index in [9.17, 15) is 4.79 Å². The molecule has 2 aromatic rings. The molecule has 0 aliphatic rings. The van der Waals surface area contributed by atoms with Crippen molar-refractivity contribution in [3.63, 3.8) is 0 Å². The lowest BCUT2D eigenvalue weighted by molar-refractivity contribution is 0.0765. The fourth-order valence-electron chi connectivity index (χ4n) is 1.50. The molecule has 0 unspecified atom stereocenters. The second kappa shape index (κ2) is 7.01. The molecule has 0 bridgehead atoms. The van der Waals surface area contributed by atoms with Gasteiger partial charge in [-0.1, -0.05) is 29.3 Å². The van der Waals surface area contributed by atoms with E-state index < -0.39 is 0 Å². The highest BCUT2D eigenvalue weighted by Gasteiger charge is 2.14. The Labute approximate surface area is 125 Å². The van der Waals surface area contributed by atoms with Crippen LogP contribution in [0.5, 0.6) is 0 Å². The Kier molecular flexibility index (Phi) is 5.34. The summed E-state index contributed by atoms with van der Waals surface area (Å²) >= 11 is 12.9. The highest BCUT2D eigenvalue weighted by molar-refractivity contribution is 7.20. The van der Waals surface area contributed by atoms with Crippen molar-refractivity contribution in [1.82, 2.24) is 4.98 Å². The lowest BCUT2D eigenvalue weighted by atomic mass is 10.2. The number of ketones is 1. The van der Waals surface area contributed by atoms with E-state index in [1.807, 2.05) is 18.2 Å². The van der Waals surface area contributed by atoms with Gasteiger partial charge in [-0.15, -0.1) is 11.3 Å². The van der Waals surface area contributed by atoms with Crippen LogP contribution in [0, 0.1) is 0 Å². The molecule has 0 aliphatic carbocycles. The smallest absolute Gasteiger partial charge is 0.190 e. The maximum absolute atomic E-state index is 11.8. The molecular weight excluding hydrogens is 305 g/mol. The zero-order valence-corrected chi connectivity index (χ0v) is 12.3. The second-order valence-electron chi connectivity index (χ2n) is 3.78. The number of pyridine rings is 1. The summed E-state index contributed by atoms with van der Waals surface area (Å²) < 4.78 is 6.24. The molecule has 0 N–H and O–H groups in total. The van der Waals surface area contributed by atoms with E-state index in [0.717, 1.165) is 5.69 Å². The lowest BCUT2D eigenvalue weighted by Crippen LogP contribution is -2.10. The maximum Gasteiger partial charge on any atom is 0.190 e. The number of Topliss-reactive ketones (excluding diaryl/α,β-unsaturated/α-hetero) is 1. The van der Waals surface area contributed by atoms with E-state index in [0.29, 0.717) is 27.3 Å². The summed E-state index contributed by atoms with van der Waals surface area (Å²) in [6.07, 6.45) is 2.40. The molecule has 2 heterocycles. The summed E-state index contributed by atoms with van der Waals surface area (Å²) in [6.45, 7) is 0.442. The Morgan fingerprint density at radius 1 is 1.37 bits per heavy atom. The number of carbonyl (C=O) groups is 1. The first kappa shape index (κ1) is 14.5. The molecule has 0 aromatic carbocycles. The molecular formula is C13H11Cl2NO2S. The van der Waals surface area contributed by atoms with Gasteiger partial charge in [0.2, 0.25) is 0 Å². The number of aromatic nitrogens is 1. The number of rotatable bonds is 6. The summed E-state index contributed by atoms with van der Waals surface area (Å²) in [4.78, 5) is 16.0. The average molecular weight is 316 g/mol. The van der Waals surface area contributed by atoms with Crippen molar-refractivity contribution in [3.8, 4) is 0 Å². The van der Waals surface area contributed by atoms with Crippen molar-refractivity contribution in [2.75, 3.05) is 13.2 Å². The molecule has 6 heteroatoms. The number of carbonyl (C=O) groups excluding carboxylic acids is 1. The van der Waals surface area contributed by atoms with Crippen LogP contribution >= 0.6 is 34.5 Å². The van der Waals surface area contributed by atoms with Gasteiger partial charge >= 0.3 is 0 Å². The molecule has 3 nitrogen and oxygen atoms in total. The Hall–Kier alpha value is -0.940. The van der Waals surface area contributed by atoms with Crippen LogP contribution in [-0.2, 0) is 11.2 Å². The number of halogens is 2. The third-order valence-electron chi connectivity index (χ3n) is 2.42. The Balaban J connectivity index is 1.77. The zero-order valence-electron chi connectivity index (χ0n) is 9.94. The molecule has 0 spiro atoms. The van der Waals surface area contributed by atoms with E-state index in [1.165, 1.54) is 11.3 Å². The first-order valence-electron chi connectivity index (χ1n) is 5.62. The largest absolute Gasteiger partial charge is 0.373 e. The van der Waals surface area contributed by atoms with Gasteiger partial charge in [0, 0.05) is 18.3 Å². The van der Waals surface area contributed by atoms with Crippen LogP contribution < -0.4 is 0 Å². The van der Waals surface area contributed by atoms with Crippen molar-refractivity contribution in [3.05, 3.63) is 50.4 Å². The number of thiophene rings is 1. The Morgan fingerprint density at radius 2 is 2.21 bits per heavy atom. The Bertz CT molecular complexity index is 557. The van der Waals surface area contributed by atoms with Crippen LogP contribution in [-0.4, -0.2) is 24.0 Å². The molecule has 19 heavy (non-hydrogen) atoms. The van der Waals surface area contributed by atoms with Crippen molar-refractivity contribution < 1.29 is 9.53 Å². The molecule has 0 aliphatic heterocycles. The van der Waals surface area contributed by atoms with Crippen LogP contribution in [0.3, 0.4) is 0 Å². The van der Waals surface area contributed by atoms with Gasteiger partial charge in [0.1, 0.15) is 10.9 Å². The maximum atomic E-state index is 11.8.